The lowest BCUT2D eigenvalue weighted by Crippen LogP contribution is -2.33. The Bertz CT molecular complexity index is 408. The van der Waals surface area contributed by atoms with Crippen molar-refractivity contribution < 1.29 is 9.18 Å². The molecule has 2 rings (SSSR count). The van der Waals surface area contributed by atoms with Gasteiger partial charge in [0.25, 0.3) is 0 Å². The highest BCUT2D eigenvalue weighted by Crippen LogP contribution is 2.14. The molecule has 0 aromatic heterocycles. The summed E-state index contributed by atoms with van der Waals surface area (Å²) in [6.07, 6.45) is 0.875. The predicted molar refractivity (Wildman–Crippen MR) is 71.1 cm³/mol. The van der Waals surface area contributed by atoms with Crippen molar-refractivity contribution in [3.63, 3.8) is 0 Å². The Hall–Kier alpha value is -1.13. The minimum atomic E-state index is -0.253. The van der Waals surface area contributed by atoms with Crippen LogP contribution in [-0.4, -0.2) is 30.9 Å². The van der Waals surface area contributed by atoms with Gasteiger partial charge in [-0.2, -0.15) is 0 Å². The number of nitrogens with zero attached hydrogens (tertiary/aromatic N) is 1. The molecule has 0 spiro atoms. The van der Waals surface area contributed by atoms with Gasteiger partial charge in [0, 0.05) is 25.7 Å². The van der Waals surface area contributed by atoms with Gasteiger partial charge in [-0.3, -0.25) is 4.79 Å². The molecule has 1 aliphatic heterocycles. The summed E-state index contributed by atoms with van der Waals surface area (Å²) in [7, 11) is 1.73. The van der Waals surface area contributed by atoms with Crippen molar-refractivity contribution in [2.24, 2.45) is 5.92 Å². The molecule has 1 amide bonds. The Morgan fingerprint density at radius 2 is 2.22 bits per heavy atom. The summed E-state index contributed by atoms with van der Waals surface area (Å²) in [5.74, 6) is -0.110. The summed E-state index contributed by atoms with van der Waals surface area (Å²) >= 11 is 0. The number of halogens is 2. The van der Waals surface area contributed by atoms with Gasteiger partial charge < -0.3 is 10.2 Å². The van der Waals surface area contributed by atoms with E-state index in [4.69, 9.17) is 0 Å². The van der Waals surface area contributed by atoms with Gasteiger partial charge in [0.15, 0.2) is 0 Å². The molecule has 1 unspecified atom stereocenters. The van der Waals surface area contributed by atoms with Crippen molar-refractivity contribution in [3.8, 4) is 0 Å². The molecule has 5 heteroatoms. The monoisotopic (exact) mass is 272 g/mol. The molecule has 1 atom stereocenters. The van der Waals surface area contributed by atoms with Gasteiger partial charge in [-0.1, -0.05) is 18.2 Å². The molecule has 18 heavy (non-hydrogen) atoms. The van der Waals surface area contributed by atoms with Crippen LogP contribution in [0.1, 0.15) is 12.0 Å². The fraction of sp³-hybridized carbons (Fsp3) is 0.462. The van der Waals surface area contributed by atoms with Gasteiger partial charge in [-0.15, -0.1) is 12.4 Å². The first kappa shape index (κ1) is 14.9. The molecule has 0 radical (unpaired) electrons. The van der Waals surface area contributed by atoms with E-state index in [1.807, 2.05) is 0 Å². The smallest absolute Gasteiger partial charge is 0.227 e. The van der Waals surface area contributed by atoms with Crippen LogP contribution in [0.25, 0.3) is 0 Å². The highest BCUT2D eigenvalue weighted by Gasteiger charge is 2.25. The van der Waals surface area contributed by atoms with E-state index < -0.39 is 0 Å². The number of nitrogens with one attached hydrogen (secondary N) is 1. The number of hydrogen-bond donors (Lipinski definition) is 1. The van der Waals surface area contributed by atoms with Crippen LogP contribution in [0.2, 0.25) is 0 Å². The van der Waals surface area contributed by atoms with Crippen molar-refractivity contribution in [2.45, 2.75) is 13.0 Å². The van der Waals surface area contributed by atoms with E-state index in [9.17, 15) is 9.18 Å². The zero-order valence-corrected chi connectivity index (χ0v) is 11.2. The van der Waals surface area contributed by atoms with Crippen LogP contribution >= 0.6 is 12.4 Å². The normalized spacial score (nSPS) is 18.2. The fourth-order valence-electron chi connectivity index (χ4n) is 2.14. The van der Waals surface area contributed by atoms with Crippen molar-refractivity contribution >= 4 is 18.3 Å². The Labute approximate surface area is 113 Å². The first-order valence-electron chi connectivity index (χ1n) is 5.87. The topological polar surface area (TPSA) is 32.3 Å². The van der Waals surface area contributed by atoms with Gasteiger partial charge in [0.2, 0.25) is 5.91 Å². The number of amides is 1. The van der Waals surface area contributed by atoms with Gasteiger partial charge in [0.1, 0.15) is 5.82 Å². The summed E-state index contributed by atoms with van der Waals surface area (Å²) in [5, 5.41) is 3.16. The van der Waals surface area contributed by atoms with Crippen LogP contribution in [0, 0.1) is 11.7 Å². The van der Waals surface area contributed by atoms with Crippen LogP contribution in [0.15, 0.2) is 24.3 Å². The molecule has 1 heterocycles. The van der Waals surface area contributed by atoms with Gasteiger partial charge in [-0.05, 0) is 19.0 Å². The third-order valence-corrected chi connectivity index (χ3v) is 3.15. The quantitative estimate of drug-likeness (QED) is 0.910. The van der Waals surface area contributed by atoms with Crippen LogP contribution in [0.5, 0.6) is 0 Å². The predicted octanol–water partition coefficient (Wildman–Crippen LogP) is 1.82. The highest BCUT2D eigenvalue weighted by molar-refractivity contribution is 5.85. The molecule has 100 valence electrons. The molecule has 3 nitrogen and oxygen atoms in total. The van der Waals surface area contributed by atoms with Crippen LogP contribution in [-0.2, 0) is 11.3 Å². The Morgan fingerprint density at radius 1 is 1.50 bits per heavy atom. The molecule has 1 fully saturated rings. The fourth-order valence-corrected chi connectivity index (χ4v) is 2.14. The maximum absolute atomic E-state index is 13.4. The molecular weight excluding hydrogens is 255 g/mol. The van der Waals surface area contributed by atoms with Gasteiger partial charge >= 0.3 is 0 Å². The third kappa shape index (κ3) is 3.43. The number of carbonyl (C=O) groups excluding carboxylic acids is 1. The summed E-state index contributed by atoms with van der Waals surface area (Å²) < 4.78 is 13.4. The maximum atomic E-state index is 13.4. The van der Waals surface area contributed by atoms with Crippen LogP contribution in [0.4, 0.5) is 4.39 Å². The summed E-state index contributed by atoms with van der Waals surface area (Å²) in [6, 6.07) is 6.58. The molecule has 1 aromatic carbocycles. The summed E-state index contributed by atoms with van der Waals surface area (Å²) in [6.45, 7) is 1.96. The van der Waals surface area contributed by atoms with Crippen molar-refractivity contribution in [2.75, 3.05) is 20.1 Å². The molecule has 1 aliphatic rings. The summed E-state index contributed by atoms with van der Waals surface area (Å²) in [4.78, 5) is 13.6. The second-order valence-electron chi connectivity index (χ2n) is 4.48. The number of rotatable bonds is 3. The van der Waals surface area contributed by atoms with E-state index >= 15 is 0 Å². The van der Waals surface area contributed by atoms with E-state index in [-0.39, 0.29) is 30.0 Å². The molecule has 0 aliphatic carbocycles. The SMILES string of the molecule is CN(Cc1ccccc1F)C(=O)C1CCNC1.Cl. The van der Waals surface area contributed by atoms with Crippen LogP contribution < -0.4 is 5.32 Å². The molecule has 0 bridgehead atoms. The standard InChI is InChI=1S/C13H17FN2O.ClH/c1-16(13(17)10-6-7-15-8-10)9-11-4-2-3-5-12(11)14;/h2-5,10,15H,6-9H2,1H3;1H. The average molecular weight is 273 g/mol. The Kier molecular flexibility index (Phi) is 5.56. The first-order valence-corrected chi connectivity index (χ1v) is 5.87. The van der Waals surface area contributed by atoms with Gasteiger partial charge in [-0.25, -0.2) is 4.39 Å². The summed E-state index contributed by atoms with van der Waals surface area (Å²) in [5.41, 5.74) is 0.564. The number of benzene rings is 1. The first-order chi connectivity index (χ1) is 8.18. The van der Waals surface area contributed by atoms with Crippen molar-refractivity contribution in [1.82, 2.24) is 10.2 Å². The maximum Gasteiger partial charge on any atom is 0.227 e. The Morgan fingerprint density at radius 3 is 2.83 bits per heavy atom. The van der Waals surface area contributed by atoms with Crippen molar-refractivity contribution in [3.05, 3.63) is 35.6 Å². The molecule has 0 saturated carbocycles. The van der Waals surface area contributed by atoms with Crippen LogP contribution in [0.3, 0.4) is 0 Å². The van der Waals surface area contributed by atoms with E-state index in [1.165, 1.54) is 6.07 Å². The third-order valence-electron chi connectivity index (χ3n) is 3.15. The van der Waals surface area contributed by atoms with E-state index in [1.54, 1.807) is 30.1 Å². The number of hydrogen-bond acceptors (Lipinski definition) is 2. The van der Waals surface area contributed by atoms with E-state index in [0.717, 1.165) is 19.5 Å². The lowest BCUT2D eigenvalue weighted by atomic mass is 10.1. The largest absolute Gasteiger partial charge is 0.341 e. The lowest BCUT2D eigenvalue weighted by Gasteiger charge is -2.20. The second-order valence-corrected chi connectivity index (χ2v) is 4.48. The molecule has 1 aromatic rings. The van der Waals surface area contributed by atoms with E-state index in [0.29, 0.717) is 12.1 Å². The minimum Gasteiger partial charge on any atom is -0.341 e. The van der Waals surface area contributed by atoms with Gasteiger partial charge in [0.05, 0.1) is 5.92 Å². The average Bonchev–Trinajstić information content (AvgIpc) is 2.84. The zero-order valence-electron chi connectivity index (χ0n) is 10.4. The molecule has 1 N–H and O–H groups in total. The number of carbonyl (C=O) groups is 1. The molecule has 1 saturated heterocycles. The molecular formula is C13H18ClFN2O. The second kappa shape index (κ2) is 6.71. The van der Waals surface area contributed by atoms with E-state index in [2.05, 4.69) is 5.32 Å². The minimum absolute atomic E-state index is 0. The lowest BCUT2D eigenvalue weighted by molar-refractivity contribution is -0.134. The highest BCUT2D eigenvalue weighted by atomic mass is 35.5. The Balaban J connectivity index is 0.00000162. The zero-order chi connectivity index (χ0) is 12.3. The van der Waals surface area contributed by atoms with Crippen molar-refractivity contribution in [1.29, 1.82) is 0 Å².